The minimum Gasteiger partial charge on any atom is -0.384 e. The van der Waals surface area contributed by atoms with E-state index in [1.54, 1.807) is 6.20 Å². The molecule has 116 valence electrons. The number of nitrogens with one attached hydrogen (secondary N) is 1. The zero-order valence-electron chi connectivity index (χ0n) is 13.3. The number of aromatic nitrogens is 1. The molecule has 1 unspecified atom stereocenters. The molecule has 2 rings (SSSR count). The van der Waals surface area contributed by atoms with E-state index in [1.165, 1.54) is 25.7 Å². The third-order valence-corrected chi connectivity index (χ3v) is 4.04. The monoisotopic (exact) mass is 289 g/mol. The van der Waals surface area contributed by atoms with Gasteiger partial charge in [-0.05, 0) is 37.3 Å². The molecule has 1 aliphatic heterocycles. The molecule has 1 aromatic rings. The summed E-state index contributed by atoms with van der Waals surface area (Å²) >= 11 is 0. The number of piperidine rings is 1. The lowest BCUT2D eigenvalue weighted by atomic mass is 10.00. The lowest BCUT2D eigenvalue weighted by Crippen LogP contribution is -2.39. The van der Waals surface area contributed by atoms with Gasteiger partial charge >= 0.3 is 0 Å². The van der Waals surface area contributed by atoms with Crippen LogP contribution >= 0.6 is 0 Å². The number of nitrogens with zero attached hydrogens (tertiary/aromatic N) is 2. The molecule has 0 bridgehead atoms. The van der Waals surface area contributed by atoms with Crippen molar-refractivity contribution in [3.63, 3.8) is 0 Å². The first-order valence-electron chi connectivity index (χ1n) is 8.20. The van der Waals surface area contributed by atoms with Gasteiger partial charge in [0.25, 0.3) is 5.91 Å². The number of carbonyl (C=O) groups is 1. The molecule has 1 fully saturated rings. The Labute approximate surface area is 127 Å². The van der Waals surface area contributed by atoms with E-state index in [4.69, 9.17) is 0 Å². The first-order valence-corrected chi connectivity index (χ1v) is 8.20. The van der Waals surface area contributed by atoms with E-state index >= 15 is 0 Å². The predicted octanol–water partition coefficient (Wildman–Crippen LogP) is 3.56. The fraction of sp³-hybridized carbons (Fsp3) is 0.647. The summed E-state index contributed by atoms with van der Waals surface area (Å²) in [6, 6.07) is 3.79. The number of anilines is 1. The van der Waals surface area contributed by atoms with Crippen LogP contribution in [-0.4, -0.2) is 35.4 Å². The predicted molar refractivity (Wildman–Crippen MR) is 86.6 cm³/mol. The van der Waals surface area contributed by atoms with Crippen LogP contribution in [0.25, 0.3) is 0 Å². The number of hydrogen-bond donors (Lipinski definition) is 1. The van der Waals surface area contributed by atoms with E-state index < -0.39 is 0 Å². The quantitative estimate of drug-likeness (QED) is 0.814. The van der Waals surface area contributed by atoms with Crippen LogP contribution in [0.15, 0.2) is 18.3 Å². The number of likely N-dealkylation sites (tertiary alicyclic amines) is 1. The Hall–Kier alpha value is -1.58. The largest absolute Gasteiger partial charge is 0.384 e. The van der Waals surface area contributed by atoms with Crippen molar-refractivity contribution in [1.82, 2.24) is 9.88 Å². The van der Waals surface area contributed by atoms with Gasteiger partial charge in [-0.25, -0.2) is 4.98 Å². The second-order valence-corrected chi connectivity index (χ2v) is 6.06. The van der Waals surface area contributed by atoms with Crippen LogP contribution in [0.5, 0.6) is 0 Å². The van der Waals surface area contributed by atoms with Gasteiger partial charge in [0.05, 0.1) is 11.9 Å². The van der Waals surface area contributed by atoms with E-state index in [2.05, 4.69) is 24.1 Å². The van der Waals surface area contributed by atoms with Crippen LogP contribution in [0.4, 0.5) is 5.69 Å². The Kier molecular flexibility index (Phi) is 6.03. The van der Waals surface area contributed by atoms with Crippen molar-refractivity contribution in [3.05, 3.63) is 24.0 Å². The Bertz CT molecular complexity index is 444. The summed E-state index contributed by atoms with van der Waals surface area (Å²) in [4.78, 5) is 18.7. The van der Waals surface area contributed by atoms with Gasteiger partial charge in [-0.1, -0.05) is 26.7 Å². The first kappa shape index (κ1) is 15.8. The standard InChI is InChI=1S/C17H27N3O/c1-3-4-5-10-18-15-8-9-16(19-12-15)17(21)20-11-6-7-14(2)13-20/h8-9,12,14,18H,3-7,10-11,13H2,1-2H3. The Morgan fingerprint density at radius 1 is 1.43 bits per heavy atom. The molecule has 2 heterocycles. The van der Waals surface area contributed by atoms with Crippen LogP contribution in [0.1, 0.15) is 56.4 Å². The van der Waals surface area contributed by atoms with Gasteiger partial charge in [-0.15, -0.1) is 0 Å². The summed E-state index contributed by atoms with van der Waals surface area (Å²) in [6.07, 6.45) is 7.73. The highest BCUT2D eigenvalue weighted by Crippen LogP contribution is 2.17. The minimum atomic E-state index is 0.0686. The molecule has 21 heavy (non-hydrogen) atoms. The average molecular weight is 289 g/mol. The lowest BCUT2D eigenvalue weighted by molar-refractivity contribution is 0.0677. The summed E-state index contributed by atoms with van der Waals surface area (Å²) in [5.41, 5.74) is 1.55. The molecule has 1 amide bonds. The highest BCUT2D eigenvalue weighted by Gasteiger charge is 2.22. The normalized spacial score (nSPS) is 18.6. The molecular weight excluding hydrogens is 262 g/mol. The summed E-state index contributed by atoms with van der Waals surface area (Å²) < 4.78 is 0. The number of unbranched alkanes of at least 4 members (excludes halogenated alkanes) is 2. The van der Waals surface area contributed by atoms with Crippen molar-refractivity contribution < 1.29 is 4.79 Å². The van der Waals surface area contributed by atoms with E-state index in [1.807, 2.05) is 17.0 Å². The molecule has 1 N–H and O–H groups in total. The highest BCUT2D eigenvalue weighted by atomic mass is 16.2. The molecule has 4 nitrogen and oxygen atoms in total. The number of carbonyl (C=O) groups excluding carboxylic acids is 1. The maximum atomic E-state index is 12.4. The fourth-order valence-electron chi connectivity index (χ4n) is 2.77. The summed E-state index contributed by atoms with van der Waals surface area (Å²) in [6.45, 7) is 7.09. The Morgan fingerprint density at radius 2 is 2.29 bits per heavy atom. The molecule has 4 heteroatoms. The fourth-order valence-corrected chi connectivity index (χ4v) is 2.77. The molecule has 0 spiro atoms. The molecule has 1 aliphatic rings. The maximum Gasteiger partial charge on any atom is 0.272 e. The smallest absolute Gasteiger partial charge is 0.272 e. The van der Waals surface area contributed by atoms with Gasteiger partial charge in [0.2, 0.25) is 0 Å². The Morgan fingerprint density at radius 3 is 2.95 bits per heavy atom. The van der Waals surface area contributed by atoms with E-state index in [0.717, 1.165) is 31.7 Å². The summed E-state index contributed by atoms with van der Waals surface area (Å²) in [5.74, 6) is 0.668. The zero-order valence-corrected chi connectivity index (χ0v) is 13.3. The van der Waals surface area contributed by atoms with Crippen LogP contribution in [0, 0.1) is 5.92 Å². The average Bonchev–Trinajstić information content (AvgIpc) is 2.51. The topological polar surface area (TPSA) is 45.2 Å². The van der Waals surface area contributed by atoms with Crippen molar-refractivity contribution in [2.24, 2.45) is 5.92 Å². The molecular formula is C17H27N3O. The molecule has 1 atom stereocenters. The van der Waals surface area contributed by atoms with Crippen molar-refractivity contribution in [1.29, 1.82) is 0 Å². The van der Waals surface area contributed by atoms with E-state index in [0.29, 0.717) is 11.6 Å². The van der Waals surface area contributed by atoms with Gasteiger partial charge in [-0.2, -0.15) is 0 Å². The highest BCUT2D eigenvalue weighted by molar-refractivity contribution is 5.92. The van der Waals surface area contributed by atoms with E-state index in [-0.39, 0.29) is 5.91 Å². The van der Waals surface area contributed by atoms with Crippen LogP contribution < -0.4 is 5.32 Å². The number of hydrogen-bond acceptors (Lipinski definition) is 3. The molecule has 0 aromatic carbocycles. The van der Waals surface area contributed by atoms with Crippen molar-refractivity contribution in [2.45, 2.75) is 46.0 Å². The Balaban J connectivity index is 1.87. The number of amides is 1. The second kappa shape index (κ2) is 8.01. The van der Waals surface area contributed by atoms with Gasteiger partial charge in [0.15, 0.2) is 0 Å². The summed E-state index contributed by atoms with van der Waals surface area (Å²) in [7, 11) is 0. The number of pyridine rings is 1. The van der Waals surface area contributed by atoms with Gasteiger partial charge in [0, 0.05) is 19.6 Å². The molecule has 1 saturated heterocycles. The minimum absolute atomic E-state index is 0.0686. The van der Waals surface area contributed by atoms with Crippen molar-refractivity contribution in [2.75, 3.05) is 25.0 Å². The van der Waals surface area contributed by atoms with Crippen molar-refractivity contribution in [3.8, 4) is 0 Å². The van der Waals surface area contributed by atoms with Gasteiger partial charge < -0.3 is 10.2 Å². The maximum absolute atomic E-state index is 12.4. The first-order chi connectivity index (χ1) is 10.2. The van der Waals surface area contributed by atoms with Gasteiger partial charge in [0.1, 0.15) is 5.69 Å². The molecule has 0 saturated carbocycles. The molecule has 1 aromatic heterocycles. The van der Waals surface area contributed by atoms with Gasteiger partial charge in [-0.3, -0.25) is 4.79 Å². The van der Waals surface area contributed by atoms with E-state index in [9.17, 15) is 4.79 Å². The zero-order chi connectivity index (χ0) is 15.1. The van der Waals surface area contributed by atoms with Crippen LogP contribution in [0.2, 0.25) is 0 Å². The van der Waals surface area contributed by atoms with Crippen LogP contribution in [-0.2, 0) is 0 Å². The number of rotatable bonds is 6. The molecule has 0 radical (unpaired) electrons. The SMILES string of the molecule is CCCCCNc1ccc(C(=O)N2CCCC(C)C2)nc1. The van der Waals surface area contributed by atoms with Crippen LogP contribution in [0.3, 0.4) is 0 Å². The third-order valence-electron chi connectivity index (χ3n) is 4.04. The van der Waals surface area contributed by atoms with Crippen molar-refractivity contribution >= 4 is 11.6 Å². The lowest BCUT2D eigenvalue weighted by Gasteiger charge is -2.30. The molecule has 0 aliphatic carbocycles. The summed E-state index contributed by atoms with van der Waals surface area (Å²) in [5, 5.41) is 3.34. The third kappa shape index (κ3) is 4.73. The second-order valence-electron chi connectivity index (χ2n) is 6.06.